The molecule has 8 nitrogen and oxygen atoms in total. The Morgan fingerprint density at radius 1 is 1.21 bits per heavy atom. The van der Waals surface area contributed by atoms with Crippen molar-refractivity contribution in [1.29, 1.82) is 0 Å². The fourth-order valence-electron chi connectivity index (χ4n) is 4.02. The minimum atomic E-state index is -4.56. The average molecular weight is 484 g/mol. The summed E-state index contributed by atoms with van der Waals surface area (Å²) in [6.07, 6.45) is 1.66. The van der Waals surface area contributed by atoms with Gasteiger partial charge in [-0.3, -0.25) is 0 Å². The molecule has 2 aromatic heterocycles. The summed E-state index contributed by atoms with van der Waals surface area (Å²) in [6, 6.07) is 4.24. The van der Waals surface area contributed by atoms with Gasteiger partial charge in [-0.1, -0.05) is 12.8 Å². The normalized spacial score (nSPS) is 15.2. The van der Waals surface area contributed by atoms with E-state index < -0.39 is 21.6 Å². The van der Waals surface area contributed by atoms with Gasteiger partial charge in [0.15, 0.2) is 9.84 Å². The topological polar surface area (TPSA) is 109 Å². The highest BCUT2D eigenvalue weighted by Crippen LogP contribution is 2.38. The van der Waals surface area contributed by atoms with Crippen LogP contribution in [-0.4, -0.2) is 43.3 Å². The Morgan fingerprint density at radius 3 is 2.58 bits per heavy atom. The summed E-state index contributed by atoms with van der Waals surface area (Å²) in [5.41, 5.74) is -0.442. The molecular formula is C21H24F3N5O3S. The van der Waals surface area contributed by atoms with Gasteiger partial charge in [0, 0.05) is 25.1 Å². The number of ether oxygens (including phenoxy) is 1. The zero-order valence-electron chi connectivity index (χ0n) is 18.1. The fourth-order valence-corrected chi connectivity index (χ4v) is 4.66. The van der Waals surface area contributed by atoms with Crippen LogP contribution in [0.25, 0.3) is 11.0 Å². The number of rotatable bonds is 7. The molecule has 1 aromatic carbocycles. The van der Waals surface area contributed by atoms with Gasteiger partial charge in [-0.05, 0) is 30.9 Å². The molecule has 0 aliphatic heterocycles. The summed E-state index contributed by atoms with van der Waals surface area (Å²) in [6.45, 7) is 0.514. The van der Waals surface area contributed by atoms with Crippen LogP contribution in [0.3, 0.4) is 0 Å². The van der Waals surface area contributed by atoms with Gasteiger partial charge in [0.25, 0.3) is 0 Å². The Bertz CT molecular complexity index is 1270. The van der Waals surface area contributed by atoms with E-state index in [-0.39, 0.29) is 33.4 Å². The molecule has 3 aromatic rings. The third-order valence-corrected chi connectivity index (χ3v) is 6.83. The van der Waals surface area contributed by atoms with Gasteiger partial charge >= 0.3 is 6.18 Å². The van der Waals surface area contributed by atoms with E-state index >= 15 is 0 Å². The molecule has 12 heteroatoms. The largest absolute Gasteiger partial charge is 0.495 e. The molecule has 0 radical (unpaired) electrons. The second kappa shape index (κ2) is 8.73. The van der Waals surface area contributed by atoms with E-state index in [1.807, 2.05) is 0 Å². The van der Waals surface area contributed by atoms with Crippen molar-refractivity contribution >= 4 is 38.3 Å². The maximum Gasteiger partial charge on any atom is 0.418 e. The molecule has 0 bridgehead atoms. The van der Waals surface area contributed by atoms with Crippen LogP contribution in [0.1, 0.15) is 31.2 Å². The number of H-pyrrole nitrogens is 1. The number of aromatic amines is 1. The first kappa shape index (κ1) is 23.1. The highest BCUT2D eigenvalue weighted by Gasteiger charge is 2.35. The number of fused-ring (bicyclic) bond motifs is 1. The van der Waals surface area contributed by atoms with Crippen LogP contribution in [0, 0.1) is 5.92 Å². The Balaban J connectivity index is 1.72. The molecule has 3 N–H and O–H groups in total. The number of anilines is 3. The molecule has 2 heterocycles. The lowest BCUT2D eigenvalue weighted by Gasteiger charge is -2.16. The first-order chi connectivity index (χ1) is 15.6. The number of nitrogens with one attached hydrogen (secondary N) is 3. The zero-order chi connectivity index (χ0) is 23.8. The van der Waals surface area contributed by atoms with E-state index in [1.54, 1.807) is 0 Å². The second-order valence-electron chi connectivity index (χ2n) is 8.11. The van der Waals surface area contributed by atoms with Crippen molar-refractivity contribution in [1.82, 2.24) is 15.0 Å². The first-order valence-electron chi connectivity index (χ1n) is 10.4. The standard InChI is InChI=1S/C21H24F3N5O3S/c1-32-16-9-13(33(2,30)31)7-8-15(16)27-20-28-18(25-10-12-5-3-4-6-12)17-14(21(22,23)24)11-26-19(17)29-20/h7-9,11-12H,3-6,10H2,1-2H3,(H3,25,26,27,28,29). The highest BCUT2D eigenvalue weighted by molar-refractivity contribution is 7.90. The Hall–Kier alpha value is -3.02. The number of alkyl halides is 3. The first-order valence-corrected chi connectivity index (χ1v) is 12.3. The third kappa shape index (κ3) is 5.00. The summed E-state index contributed by atoms with van der Waals surface area (Å²) in [5, 5.41) is 5.90. The molecule has 4 rings (SSSR count). The van der Waals surface area contributed by atoms with Crippen molar-refractivity contribution in [3.8, 4) is 5.75 Å². The van der Waals surface area contributed by atoms with Crippen molar-refractivity contribution in [3.05, 3.63) is 30.0 Å². The van der Waals surface area contributed by atoms with Gasteiger partial charge in [-0.25, -0.2) is 8.42 Å². The molecule has 1 fully saturated rings. The number of methoxy groups -OCH3 is 1. The van der Waals surface area contributed by atoms with Crippen LogP contribution >= 0.6 is 0 Å². The van der Waals surface area contributed by atoms with Crippen molar-refractivity contribution < 1.29 is 26.3 Å². The van der Waals surface area contributed by atoms with Crippen molar-refractivity contribution in [2.75, 3.05) is 30.5 Å². The lowest BCUT2D eigenvalue weighted by atomic mass is 10.1. The quantitative estimate of drug-likeness (QED) is 0.446. The van der Waals surface area contributed by atoms with Gasteiger partial charge in [0.05, 0.1) is 28.6 Å². The summed E-state index contributed by atoms with van der Waals surface area (Å²) >= 11 is 0. The lowest BCUT2D eigenvalue weighted by Crippen LogP contribution is -2.14. The monoisotopic (exact) mass is 483 g/mol. The summed E-state index contributed by atoms with van der Waals surface area (Å²) in [7, 11) is -2.07. The number of hydrogen-bond donors (Lipinski definition) is 3. The van der Waals surface area contributed by atoms with Crippen LogP contribution < -0.4 is 15.4 Å². The molecular weight excluding hydrogens is 459 g/mol. The minimum absolute atomic E-state index is 0.0282. The Kier molecular flexibility index (Phi) is 6.12. The highest BCUT2D eigenvalue weighted by atomic mass is 32.2. The Labute approximate surface area is 188 Å². The number of aromatic nitrogens is 3. The van der Waals surface area contributed by atoms with E-state index in [1.165, 1.54) is 25.3 Å². The van der Waals surface area contributed by atoms with Crippen LogP contribution in [0.2, 0.25) is 0 Å². The van der Waals surface area contributed by atoms with Crippen LogP contribution in [0.5, 0.6) is 5.75 Å². The molecule has 0 amide bonds. The molecule has 0 unspecified atom stereocenters. The molecule has 0 spiro atoms. The molecule has 1 saturated carbocycles. The van der Waals surface area contributed by atoms with Gasteiger partial charge < -0.3 is 20.4 Å². The molecule has 0 atom stereocenters. The fraction of sp³-hybridized carbons (Fsp3) is 0.429. The summed E-state index contributed by atoms with van der Waals surface area (Å²) < 4.78 is 69.6. The van der Waals surface area contributed by atoms with Gasteiger partial charge in [-0.2, -0.15) is 23.1 Å². The second-order valence-corrected chi connectivity index (χ2v) is 10.1. The van der Waals surface area contributed by atoms with Crippen LogP contribution in [0.4, 0.5) is 30.6 Å². The van der Waals surface area contributed by atoms with E-state index in [0.29, 0.717) is 18.2 Å². The number of hydrogen-bond acceptors (Lipinski definition) is 7. The van der Waals surface area contributed by atoms with Gasteiger partial charge in [0.2, 0.25) is 5.95 Å². The van der Waals surface area contributed by atoms with Crippen molar-refractivity contribution in [2.24, 2.45) is 5.92 Å². The number of nitrogens with zero attached hydrogens (tertiary/aromatic N) is 2. The Morgan fingerprint density at radius 2 is 1.94 bits per heavy atom. The summed E-state index contributed by atoms with van der Waals surface area (Å²) in [5.74, 6) is 0.722. The lowest BCUT2D eigenvalue weighted by molar-refractivity contribution is -0.136. The predicted octanol–water partition coefficient (Wildman–Crippen LogP) is 4.73. The molecule has 1 aliphatic carbocycles. The molecule has 33 heavy (non-hydrogen) atoms. The van der Waals surface area contributed by atoms with Crippen molar-refractivity contribution in [3.63, 3.8) is 0 Å². The minimum Gasteiger partial charge on any atom is -0.495 e. The van der Waals surface area contributed by atoms with Crippen LogP contribution in [0.15, 0.2) is 29.3 Å². The van der Waals surface area contributed by atoms with E-state index in [9.17, 15) is 21.6 Å². The smallest absolute Gasteiger partial charge is 0.418 e. The van der Waals surface area contributed by atoms with E-state index in [4.69, 9.17) is 4.74 Å². The molecule has 178 valence electrons. The molecule has 0 saturated heterocycles. The van der Waals surface area contributed by atoms with Gasteiger partial charge in [0.1, 0.15) is 17.2 Å². The maximum absolute atomic E-state index is 13.6. The average Bonchev–Trinajstić information content (AvgIpc) is 3.41. The predicted molar refractivity (Wildman–Crippen MR) is 119 cm³/mol. The SMILES string of the molecule is COc1cc(S(C)(=O)=O)ccc1Nc1nc(NCC2CCCC2)c2c(C(F)(F)F)c[nH]c2n1. The number of sulfone groups is 1. The van der Waals surface area contributed by atoms with Crippen molar-refractivity contribution in [2.45, 2.75) is 36.8 Å². The van der Waals surface area contributed by atoms with E-state index in [0.717, 1.165) is 38.1 Å². The van der Waals surface area contributed by atoms with E-state index in [2.05, 4.69) is 25.6 Å². The molecule has 1 aliphatic rings. The summed E-state index contributed by atoms with van der Waals surface area (Å²) in [4.78, 5) is 11.2. The third-order valence-electron chi connectivity index (χ3n) is 5.72. The van der Waals surface area contributed by atoms with Crippen LogP contribution in [-0.2, 0) is 16.0 Å². The zero-order valence-corrected chi connectivity index (χ0v) is 18.9. The number of halogens is 3. The maximum atomic E-state index is 13.6. The number of benzene rings is 1. The van der Waals surface area contributed by atoms with Gasteiger partial charge in [-0.15, -0.1) is 0 Å².